The number of piperazine rings is 1. The fraction of sp³-hybridized carbons (Fsp3) is 0.846. The number of amides is 2. The first-order valence-electron chi connectivity index (χ1n) is 7.25. The topological polar surface area (TPSA) is 76.1 Å². The number of carbonyl (C=O) groups excluding carboxylic acids is 1. The molecule has 20 heavy (non-hydrogen) atoms. The van der Waals surface area contributed by atoms with E-state index in [9.17, 15) is 9.59 Å². The number of urea groups is 1. The molecule has 0 bridgehead atoms. The van der Waals surface area contributed by atoms with Crippen molar-refractivity contribution in [1.29, 1.82) is 0 Å². The van der Waals surface area contributed by atoms with Crippen molar-refractivity contribution in [1.82, 2.24) is 20.2 Å². The Bertz CT molecular complexity index is 356. The van der Waals surface area contributed by atoms with Gasteiger partial charge in [0.1, 0.15) is 0 Å². The summed E-state index contributed by atoms with van der Waals surface area (Å²) in [7, 11) is 2.08. The molecule has 2 aliphatic rings. The Morgan fingerprint density at radius 1 is 1.20 bits per heavy atom. The van der Waals surface area contributed by atoms with Gasteiger partial charge in [-0.25, -0.2) is 9.80 Å². The Balaban J connectivity index is 1.70. The number of hydrazine groups is 1. The van der Waals surface area contributed by atoms with E-state index in [4.69, 9.17) is 5.11 Å². The van der Waals surface area contributed by atoms with Crippen LogP contribution >= 0.6 is 0 Å². The van der Waals surface area contributed by atoms with Crippen LogP contribution in [0.3, 0.4) is 0 Å². The van der Waals surface area contributed by atoms with Crippen molar-refractivity contribution in [2.45, 2.75) is 19.3 Å². The van der Waals surface area contributed by atoms with Crippen molar-refractivity contribution in [3.05, 3.63) is 0 Å². The maximum atomic E-state index is 12.1. The number of aliphatic carboxylic acids is 1. The summed E-state index contributed by atoms with van der Waals surface area (Å²) in [5, 5.41) is 10.6. The smallest absolute Gasteiger partial charge is 0.331 e. The van der Waals surface area contributed by atoms with E-state index in [1.165, 1.54) is 0 Å². The van der Waals surface area contributed by atoms with Crippen LogP contribution < -0.4 is 5.43 Å². The second kappa shape index (κ2) is 6.90. The van der Waals surface area contributed by atoms with Crippen LogP contribution in [-0.4, -0.2) is 78.2 Å². The summed E-state index contributed by atoms with van der Waals surface area (Å²) in [5.74, 6) is -0.435. The fourth-order valence-electron chi connectivity index (χ4n) is 2.70. The van der Waals surface area contributed by atoms with E-state index in [0.29, 0.717) is 18.9 Å². The molecule has 0 radical (unpaired) electrons. The molecule has 0 aromatic heterocycles. The number of likely N-dealkylation sites (N-methyl/N-ethyl adjacent to an activating group) is 1. The highest BCUT2D eigenvalue weighted by molar-refractivity contribution is 5.74. The lowest BCUT2D eigenvalue weighted by molar-refractivity contribution is -0.137. The number of carboxylic acids is 1. The van der Waals surface area contributed by atoms with Gasteiger partial charge in [-0.15, -0.1) is 0 Å². The molecule has 0 aromatic carbocycles. The molecular formula is C13H24N4O3. The van der Waals surface area contributed by atoms with Crippen LogP contribution in [0.15, 0.2) is 0 Å². The number of hydrogen-bond acceptors (Lipinski definition) is 4. The molecule has 0 spiro atoms. The zero-order valence-corrected chi connectivity index (χ0v) is 12.0. The van der Waals surface area contributed by atoms with Gasteiger partial charge in [-0.05, 0) is 25.8 Å². The number of carbonyl (C=O) groups is 2. The molecule has 114 valence electrons. The number of nitrogens with zero attached hydrogens (tertiary/aromatic N) is 3. The summed E-state index contributed by atoms with van der Waals surface area (Å²) in [6.45, 7) is 5.01. The minimum absolute atomic E-state index is 0.0487. The fourth-order valence-corrected chi connectivity index (χ4v) is 2.70. The third-order valence-electron chi connectivity index (χ3n) is 4.10. The molecule has 2 amide bonds. The molecule has 7 heteroatoms. The van der Waals surface area contributed by atoms with E-state index >= 15 is 0 Å². The standard InChI is InChI=1S/C13H24N4O3/c1-15-6-8-17(9-7-15)14-13(20)16-5-4-11(10-16)2-3-12(18)19/h11H,2-10H2,1H3,(H,14,20)(H,18,19). The second-order valence-corrected chi connectivity index (χ2v) is 5.74. The Morgan fingerprint density at radius 2 is 1.90 bits per heavy atom. The Hall–Kier alpha value is -1.34. The first kappa shape index (κ1) is 15.1. The average Bonchev–Trinajstić information content (AvgIpc) is 2.88. The maximum Gasteiger partial charge on any atom is 0.331 e. The average molecular weight is 284 g/mol. The summed E-state index contributed by atoms with van der Waals surface area (Å²) in [6, 6.07) is -0.0487. The van der Waals surface area contributed by atoms with Gasteiger partial charge in [0.15, 0.2) is 0 Å². The van der Waals surface area contributed by atoms with Crippen molar-refractivity contribution in [2.24, 2.45) is 5.92 Å². The number of nitrogens with one attached hydrogen (secondary N) is 1. The van der Waals surface area contributed by atoms with Gasteiger partial charge in [0.05, 0.1) is 0 Å². The molecule has 2 rings (SSSR count). The molecular weight excluding hydrogens is 260 g/mol. The van der Waals surface area contributed by atoms with E-state index in [-0.39, 0.29) is 12.5 Å². The monoisotopic (exact) mass is 284 g/mol. The number of hydrogen-bond donors (Lipinski definition) is 2. The highest BCUT2D eigenvalue weighted by atomic mass is 16.4. The molecule has 0 aromatic rings. The van der Waals surface area contributed by atoms with Gasteiger partial charge in [0, 0.05) is 45.7 Å². The lowest BCUT2D eigenvalue weighted by atomic mass is 10.0. The Labute approximate surface area is 119 Å². The zero-order valence-electron chi connectivity index (χ0n) is 12.0. The van der Waals surface area contributed by atoms with Crippen LogP contribution in [0, 0.1) is 5.92 Å². The summed E-state index contributed by atoms with van der Waals surface area (Å²) in [6.07, 6.45) is 1.76. The summed E-state index contributed by atoms with van der Waals surface area (Å²) >= 11 is 0. The quantitative estimate of drug-likeness (QED) is 0.762. The minimum Gasteiger partial charge on any atom is -0.481 e. The molecule has 0 saturated carbocycles. The Morgan fingerprint density at radius 3 is 2.55 bits per heavy atom. The largest absolute Gasteiger partial charge is 0.481 e. The van der Waals surface area contributed by atoms with E-state index in [1.807, 2.05) is 5.01 Å². The first-order chi connectivity index (χ1) is 9.54. The van der Waals surface area contributed by atoms with Crippen molar-refractivity contribution < 1.29 is 14.7 Å². The Kier molecular flexibility index (Phi) is 5.19. The summed E-state index contributed by atoms with van der Waals surface area (Å²) in [5.41, 5.74) is 2.94. The number of rotatable bonds is 4. The first-order valence-corrected chi connectivity index (χ1v) is 7.25. The summed E-state index contributed by atoms with van der Waals surface area (Å²) in [4.78, 5) is 26.7. The van der Waals surface area contributed by atoms with Crippen LogP contribution in [0.25, 0.3) is 0 Å². The molecule has 2 heterocycles. The van der Waals surface area contributed by atoms with Gasteiger partial charge in [-0.2, -0.15) is 0 Å². The molecule has 1 atom stereocenters. The van der Waals surface area contributed by atoms with Gasteiger partial charge in [0.2, 0.25) is 0 Å². The van der Waals surface area contributed by atoms with Gasteiger partial charge in [-0.1, -0.05) is 0 Å². The van der Waals surface area contributed by atoms with E-state index in [1.54, 1.807) is 4.90 Å². The molecule has 2 fully saturated rings. The third-order valence-corrected chi connectivity index (χ3v) is 4.10. The lowest BCUT2D eigenvalue weighted by Crippen LogP contribution is -2.55. The maximum absolute atomic E-state index is 12.1. The van der Waals surface area contributed by atoms with Crippen molar-refractivity contribution >= 4 is 12.0 Å². The zero-order chi connectivity index (χ0) is 14.5. The lowest BCUT2D eigenvalue weighted by Gasteiger charge is -2.33. The van der Waals surface area contributed by atoms with E-state index in [2.05, 4.69) is 17.4 Å². The number of carboxylic acid groups (broad SMARTS) is 1. The molecule has 2 saturated heterocycles. The normalized spacial score (nSPS) is 24.9. The van der Waals surface area contributed by atoms with Crippen molar-refractivity contribution in [2.75, 3.05) is 46.3 Å². The minimum atomic E-state index is -0.759. The summed E-state index contributed by atoms with van der Waals surface area (Å²) < 4.78 is 0. The third kappa shape index (κ3) is 4.35. The van der Waals surface area contributed by atoms with Crippen LogP contribution in [-0.2, 0) is 4.79 Å². The highest BCUT2D eigenvalue weighted by Crippen LogP contribution is 2.21. The molecule has 0 aliphatic carbocycles. The van der Waals surface area contributed by atoms with E-state index in [0.717, 1.165) is 39.1 Å². The van der Waals surface area contributed by atoms with Gasteiger partial charge in [0.25, 0.3) is 0 Å². The van der Waals surface area contributed by atoms with E-state index < -0.39 is 5.97 Å². The van der Waals surface area contributed by atoms with Crippen LogP contribution in [0.4, 0.5) is 4.79 Å². The van der Waals surface area contributed by atoms with Gasteiger partial charge < -0.3 is 14.9 Å². The molecule has 7 nitrogen and oxygen atoms in total. The highest BCUT2D eigenvalue weighted by Gasteiger charge is 2.27. The molecule has 1 unspecified atom stereocenters. The predicted octanol–water partition coefficient (Wildman–Crippen LogP) is 0.0451. The second-order valence-electron chi connectivity index (χ2n) is 5.74. The molecule has 2 aliphatic heterocycles. The van der Waals surface area contributed by atoms with Crippen LogP contribution in [0.2, 0.25) is 0 Å². The van der Waals surface area contributed by atoms with Crippen LogP contribution in [0.5, 0.6) is 0 Å². The van der Waals surface area contributed by atoms with Gasteiger partial charge in [-0.3, -0.25) is 10.2 Å². The SMILES string of the molecule is CN1CCN(NC(=O)N2CCC(CCC(=O)O)C2)CC1. The predicted molar refractivity (Wildman–Crippen MR) is 74.2 cm³/mol. The number of likely N-dealkylation sites (tertiary alicyclic amines) is 1. The van der Waals surface area contributed by atoms with Gasteiger partial charge >= 0.3 is 12.0 Å². The molecule has 2 N–H and O–H groups in total. The van der Waals surface area contributed by atoms with Crippen LogP contribution in [0.1, 0.15) is 19.3 Å². The van der Waals surface area contributed by atoms with Crippen molar-refractivity contribution in [3.8, 4) is 0 Å². The van der Waals surface area contributed by atoms with Crippen molar-refractivity contribution in [3.63, 3.8) is 0 Å².